The average Bonchev–Trinajstić information content (AvgIpc) is 2.37. The Morgan fingerprint density at radius 3 is 2.72 bits per heavy atom. The van der Waals surface area contributed by atoms with Crippen LogP contribution in [-0.2, 0) is 15.9 Å². The Hall–Kier alpha value is -1.13. The van der Waals surface area contributed by atoms with Crippen LogP contribution < -0.4 is 0 Å². The summed E-state index contributed by atoms with van der Waals surface area (Å²) in [6.07, 6.45) is 1.67. The molecule has 0 atom stereocenters. The lowest BCUT2D eigenvalue weighted by atomic mass is 10.2. The van der Waals surface area contributed by atoms with Crippen LogP contribution in [0.25, 0.3) is 0 Å². The van der Waals surface area contributed by atoms with E-state index in [1.807, 2.05) is 13.8 Å². The molecule has 1 rings (SSSR count). The molecule has 0 N–H and O–H groups in total. The fourth-order valence-electron chi connectivity index (χ4n) is 1.37. The summed E-state index contributed by atoms with van der Waals surface area (Å²) < 4.78 is 10.3. The Morgan fingerprint density at radius 1 is 1.28 bits per heavy atom. The van der Waals surface area contributed by atoms with Gasteiger partial charge in [0.1, 0.15) is 11.8 Å². The van der Waals surface area contributed by atoms with Gasteiger partial charge in [0, 0.05) is 12.3 Å². The molecule has 100 valence electrons. The second-order valence-electron chi connectivity index (χ2n) is 3.77. The van der Waals surface area contributed by atoms with Crippen LogP contribution in [0.4, 0.5) is 0 Å². The van der Waals surface area contributed by atoms with Crippen molar-refractivity contribution in [1.29, 1.82) is 0 Å². The van der Waals surface area contributed by atoms with Gasteiger partial charge in [-0.25, -0.2) is 9.78 Å². The van der Waals surface area contributed by atoms with Gasteiger partial charge < -0.3 is 9.47 Å². The third-order valence-electron chi connectivity index (χ3n) is 2.25. The van der Waals surface area contributed by atoms with E-state index in [1.165, 1.54) is 6.07 Å². The smallest absolute Gasteiger partial charge is 0.338 e. The molecule has 0 radical (unpaired) electrons. The number of ether oxygens (including phenoxy) is 2. The first-order valence-electron chi connectivity index (χ1n) is 6.08. The molecule has 0 saturated heterocycles. The predicted octanol–water partition coefficient (Wildman–Crippen LogP) is 2.88. The Kier molecular flexibility index (Phi) is 6.68. The lowest BCUT2D eigenvalue weighted by Crippen LogP contribution is -2.11. The van der Waals surface area contributed by atoms with Crippen molar-refractivity contribution in [2.75, 3.05) is 19.8 Å². The van der Waals surface area contributed by atoms with Gasteiger partial charge >= 0.3 is 5.97 Å². The molecule has 0 aliphatic rings. The Labute approximate surface area is 112 Å². The van der Waals surface area contributed by atoms with E-state index in [4.69, 9.17) is 21.1 Å². The van der Waals surface area contributed by atoms with Gasteiger partial charge in [-0.3, -0.25) is 0 Å². The molecule has 0 aromatic carbocycles. The van der Waals surface area contributed by atoms with Gasteiger partial charge in [-0.1, -0.05) is 25.4 Å². The second-order valence-corrected chi connectivity index (χ2v) is 4.16. The average molecular weight is 272 g/mol. The van der Waals surface area contributed by atoms with Crippen molar-refractivity contribution in [2.24, 2.45) is 0 Å². The molecule has 0 unspecified atom stereocenters. The number of carbonyl (C=O) groups excluding carboxylic acids is 1. The van der Waals surface area contributed by atoms with Crippen molar-refractivity contribution in [3.63, 3.8) is 0 Å². The third-order valence-corrected chi connectivity index (χ3v) is 2.45. The van der Waals surface area contributed by atoms with Crippen molar-refractivity contribution < 1.29 is 14.3 Å². The number of aryl methyl sites for hydroxylation is 1. The van der Waals surface area contributed by atoms with Crippen molar-refractivity contribution >= 4 is 17.6 Å². The van der Waals surface area contributed by atoms with Crippen molar-refractivity contribution in [3.8, 4) is 0 Å². The molecule has 0 aliphatic carbocycles. The van der Waals surface area contributed by atoms with Crippen LogP contribution in [-0.4, -0.2) is 30.8 Å². The van der Waals surface area contributed by atoms with E-state index in [1.54, 1.807) is 6.07 Å². The maximum atomic E-state index is 11.7. The quantitative estimate of drug-likeness (QED) is 0.435. The number of carbonyl (C=O) groups is 1. The molecule has 0 spiro atoms. The number of esters is 1. The minimum Gasteiger partial charge on any atom is -0.460 e. The number of pyridine rings is 1. The summed E-state index contributed by atoms with van der Waals surface area (Å²) >= 11 is 5.83. The van der Waals surface area contributed by atoms with Crippen LogP contribution in [0.3, 0.4) is 0 Å². The van der Waals surface area contributed by atoms with Gasteiger partial charge in [-0.15, -0.1) is 0 Å². The molecule has 0 saturated carbocycles. The zero-order chi connectivity index (χ0) is 13.4. The summed E-state index contributed by atoms with van der Waals surface area (Å²) in [7, 11) is 0. The monoisotopic (exact) mass is 271 g/mol. The highest BCUT2D eigenvalue weighted by Gasteiger charge is 2.10. The molecule has 0 aliphatic heterocycles. The summed E-state index contributed by atoms with van der Waals surface area (Å²) in [6.45, 7) is 5.32. The highest BCUT2D eigenvalue weighted by Crippen LogP contribution is 2.12. The lowest BCUT2D eigenvalue weighted by Gasteiger charge is -2.06. The van der Waals surface area contributed by atoms with Crippen molar-refractivity contribution in [2.45, 2.75) is 26.7 Å². The zero-order valence-electron chi connectivity index (χ0n) is 10.7. The van der Waals surface area contributed by atoms with Crippen LogP contribution in [0.2, 0.25) is 5.15 Å². The zero-order valence-corrected chi connectivity index (χ0v) is 11.5. The summed E-state index contributed by atoms with van der Waals surface area (Å²) in [4.78, 5) is 15.8. The van der Waals surface area contributed by atoms with E-state index in [0.717, 1.165) is 18.5 Å². The van der Waals surface area contributed by atoms with Crippen molar-refractivity contribution in [3.05, 3.63) is 28.5 Å². The molecule has 4 nitrogen and oxygen atoms in total. The fourth-order valence-corrected chi connectivity index (χ4v) is 1.60. The van der Waals surface area contributed by atoms with E-state index in [-0.39, 0.29) is 6.61 Å². The van der Waals surface area contributed by atoms with Crippen LogP contribution in [0, 0.1) is 0 Å². The molecule has 1 aromatic rings. The highest BCUT2D eigenvalue weighted by molar-refractivity contribution is 6.29. The summed E-state index contributed by atoms with van der Waals surface area (Å²) in [5.41, 5.74) is 1.21. The van der Waals surface area contributed by atoms with Gasteiger partial charge in [-0.2, -0.15) is 0 Å². The van der Waals surface area contributed by atoms with Crippen LogP contribution in [0.5, 0.6) is 0 Å². The van der Waals surface area contributed by atoms with Gasteiger partial charge in [0.05, 0.1) is 12.2 Å². The molecular weight excluding hydrogens is 254 g/mol. The molecule has 0 fully saturated rings. The minimum atomic E-state index is -0.394. The van der Waals surface area contributed by atoms with Gasteiger partial charge in [-0.05, 0) is 25.0 Å². The van der Waals surface area contributed by atoms with Crippen LogP contribution in [0.15, 0.2) is 12.1 Å². The topological polar surface area (TPSA) is 48.4 Å². The predicted molar refractivity (Wildman–Crippen MR) is 70.0 cm³/mol. The normalized spacial score (nSPS) is 10.4. The Bertz CT molecular complexity index is 396. The number of aromatic nitrogens is 1. The van der Waals surface area contributed by atoms with Gasteiger partial charge in [0.15, 0.2) is 0 Å². The van der Waals surface area contributed by atoms with E-state index < -0.39 is 5.97 Å². The molecular formula is C13H18ClNO3. The number of nitrogens with zero attached hydrogens (tertiary/aromatic N) is 1. The number of halogens is 1. The number of rotatable bonds is 7. The van der Waals surface area contributed by atoms with E-state index in [2.05, 4.69) is 4.98 Å². The van der Waals surface area contributed by atoms with Gasteiger partial charge in [0.25, 0.3) is 0 Å². The maximum Gasteiger partial charge on any atom is 0.338 e. The van der Waals surface area contributed by atoms with Crippen LogP contribution in [0.1, 0.15) is 36.3 Å². The molecule has 1 heterocycles. The first-order valence-corrected chi connectivity index (χ1v) is 6.46. The van der Waals surface area contributed by atoms with Gasteiger partial charge in [0.2, 0.25) is 0 Å². The van der Waals surface area contributed by atoms with E-state index in [0.29, 0.717) is 23.9 Å². The summed E-state index contributed by atoms with van der Waals surface area (Å²) in [5, 5.41) is 0.309. The molecule has 0 bridgehead atoms. The molecule has 1 aromatic heterocycles. The van der Waals surface area contributed by atoms with Crippen molar-refractivity contribution in [1.82, 2.24) is 4.98 Å². The number of hydrogen-bond acceptors (Lipinski definition) is 4. The third kappa shape index (κ3) is 5.02. The molecule has 0 amide bonds. The summed E-state index contributed by atoms with van der Waals surface area (Å²) in [5.74, 6) is -0.394. The molecule has 18 heavy (non-hydrogen) atoms. The van der Waals surface area contributed by atoms with E-state index >= 15 is 0 Å². The largest absolute Gasteiger partial charge is 0.460 e. The Balaban J connectivity index is 2.48. The second kappa shape index (κ2) is 8.06. The molecule has 5 heteroatoms. The Morgan fingerprint density at radius 2 is 2.06 bits per heavy atom. The maximum absolute atomic E-state index is 11.7. The summed E-state index contributed by atoms with van der Waals surface area (Å²) in [6, 6.07) is 3.21. The van der Waals surface area contributed by atoms with E-state index in [9.17, 15) is 4.79 Å². The number of hydrogen-bond donors (Lipinski definition) is 0. The fraction of sp³-hybridized carbons (Fsp3) is 0.538. The lowest BCUT2D eigenvalue weighted by molar-refractivity contribution is 0.0318. The first-order chi connectivity index (χ1) is 8.67. The minimum absolute atomic E-state index is 0.250. The first kappa shape index (κ1) is 14.9. The highest BCUT2D eigenvalue weighted by atomic mass is 35.5. The standard InChI is InChI=1S/C13H18ClNO3/c1-3-5-17-6-7-18-13(16)10-8-11(4-2)15-12(14)9-10/h8-9H,3-7H2,1-2H3. The SMILES string of the molecule is CCCOCCOC(=O)c1cc(Cl)nc(CC)c1. The van der Waals surface area contributed by atoms with Crippen LogP contribution >= 0.6 is 11.6 Å².